The van der Waals surface area contributed by atoms with E-state index in [1.165, 1.54) is 19.3 Å². The third-order valence-corrected chi connectivity index (χ3v) is 8.29. The van der Waals surface area contributed by atoms with E-state index >= 15 is 0 Å². The number of nitrogens with two attached hydrogens (primary N) is 1. The standard InChI is InChI=1S/C32H35N5O2/c33-32(39)29-12-7-21(16-30(29)37-23-8-10-25(38)11-9-23)31-28-6-2-5-26(27(28)13-14-35-31)22-15-24(19-34-18-22)36-17-20-3-1-4-20/h2,5-7,12-16,18-20,23,25,36-38H,1,3-4,8-11,17H2,(H2,33,39). The zero-order valence-electron chi connectivity index (χ0n) is 22.1. The molecule has 7 nitrogen and oxygen atoms in total. The largest absolute Gasteiger partial charge is 0.393 e. The summed E-state index contributed by atoms with van der Waals surface area (Å²) in [5, 5.41) is 19.1. The normalized spacial score (nSPS) is 19.4. The van der Waals surface area contributed by atoms with E-state index in [2.05, 4.69) is 39.9 Å². The van der Waals surface area contributed by atoms with Crippen LogP contribution in [0.4, 0.5) is 11.4 Å². The fraction of sp³-hybridized carbons (Fsp3) is 0.344. The van der Waals surface area contributed by atoms with E-state index in [1.807, 2.05) is 36.8 Å². The van der Waals surface area contributed by atoms with E-state index in [4.69, 9.17) is 10.7 Å². The van der Waals surface area contributed by atoms with Gasteiger partial charge >= 0.3 is 0 Å². The van der Waals surface area contributed by atoms with Crippen LogP contribution in [0.2, 0.25) is 0 Å². The Hall–Kier alpha value is -3.97. The number of benzene rings is 2. The van der Waals surface area contributed by atoms with Gasteiger partial charge in [0.25, 0.3) is 5.91 Å². The predicted molar refractivity (Wildman–Crippen MR) is 157 cm³/mol. The first-order valence-corrected chi connectivity index (χ1v) is 14.0. The Morgan fingerprint density at radius 2 is 1.79 bits per heavy atom. The Bertz CT molecular complexity index is 1490. The van der Waals surface area contributed by atoms with Crippen LogP contribution < -0.4 is 16.4 Å². The van der Waals surface area contributed by atoms with Crippen molar-refractivity contribution in [3.05, 3.63) is 72.7 Å². The van der Waals surface area contributed by atoms with Crippen molar-refractivity contribution in [2.24, 2.45) is 11.7 Å². The fourth-order valence-electron chi connectivity index (χ4n) is 5.80. The highest BCUT2D eigenvalue weighted by atomic mass is 16.3. The lowest BCUT2D eigenvalue weighted by molar-refractivity contribution is 0.100. The zero-order valence-corrected chi connectivity index (χ0v) is 22.1. The van der Waals surface area contributed by atoms with Gasteiger partial charge in [0.1, 0.15) is 0 Å². The van der Waals surface area contributed by atoms with Crippen LogP contribution in [0.3, 0.4) is 0 Å². The van der Waals surface area contributed by atoms with Gasteiger partial charge in [0.05, 0.1) is 23.0 Å². The van der Waals surface area contributed by atoms with E-state index < -0.39 is 5.91 Å². The molecule has 200 valence electrons. The Labute approximate surface area is 228 Å². The summed E-state index contributed by atoms with van der Waals surface area (Å²) in [6, 6.07) is 16.3. The van der Waals surface area contributed by atoms with Crippen molar-refractivity contribution in [2.45, 2.75) is 57.1 Å². The molecule has 6 rings (SSSR count). The van der Waals surface area contributed by atoms with E-state index in [9.17, 15) is 9.90 Å². The SMILES string of the molecule is NC(=O)c1ccc(-c2nccc3c(-c4cncc(NCC5CCC5)c4)cccc23)cc1NC1CCC(O)CC1. The van der Waals surface area contributed by atoms with Crippen molar-refractivity contribution in [1.29, 1.82) is 0 Å². The number of nitrogens with one attached hydrogen (secondary N) is 2. The third-order valence-electron chi connectivity index (χ3n) is 8.29. The van der Waals surface area contributed by atoms with Gasteiger partial charge < -0.3 is 21.5 Å². The number of carbonyl (C=O) groups excluding carboxylic acids is 1. The molecule has 2 fully saturated rings. The van der Waals surface area contributed by atoms with E-state index in [-0.39, 0.29) is 12.1 Å². The Kier molecular flexibility index (Phi) is 7.16. The summed E-state index contributed by atoms with van der Waals surface area (Å²) in [6.07, 6.45) is 12.6. The molecular weight excluding hydrogens is 486 g/mol. The second-order valence-electron chi connectivity index (χ2n) is 11.0. The first kappa shape index (κ1) is 25.3. The highest BCUT2D eigenvalue weighted by Crippen LogP contribution is 2.36. The van der Waals surface area contributed by atoms with Crippen molar-refractivity contribution in [1.82, 2.24) is 9.97 Å². The summed E-state index contributed by atoms with van der Waals surface area (Å²) in [6.45, 7) is 0.994. The highest BCUT2D eigenvalue weighted by Gasteiger charge is 2.22. The Balaban J connectivity index is 1.34. The fourth-order valence-corrected chi connectivity index (χ4v) is 5.80. The molecule has 0 bridgehead atoms. The van der Waals surface area contributed by atoms with Gasteiger partial charge in [0, 0.05) is 53.4 Å². The van der Waals surface area contributed by atoms with E-state index in [0.29, 0.717) is 11.3 Å². The molecule has 0 aliphatic heterocycles. The van der Waals surface area contributed by atoms with Gasteiger partial charge in [-0.15, -0.1) is 0 Å². The average Bonchev–Trinajstić information content (AvgIpc) is 2.93. The number of aromatic nitrogens is 2. The molecule has 39 heavy (non-hydrogen) atoms. The first-order valence-electron chi connectivity index (χ1n) is 14.0. The van der Waals surface area contributed by atoms with Crippen LogP contribution in [-0.2, 0) is 0 Å². The minimum Gasteiger partial charge on any atom is -0.393 e. The molecule has 7 heteroatoms. The molecule has 2 aromatic carbocycles. The van der Waals surface area contributed by atoms with Crippen molar-refractivity contribution in [3.63, 3.8) is 0 Å². The van der Waals surface area contributed by atoms with Crippen LogP contribution in [0.15, 0.2) is 67.1 Å². The van der Waals surface area contributed by atoms with Gasteiger partial charge in [-0.25, -0.2) is 0 Å². The number of rotatable bonds is 8. The van der Waals surface area contributed by atoms with E-state index in [1.54, 1.807) is 6.07 Å². The lowest BCUT2D eigenvalue weighted by Gasteiger charge is -2.28. The average molecular weight is 522 g/mol. The van der Waals surface area contributed by atoms with Crippen molar-refractivity contribution < 1.29 is 9.90 Å². The van der Waals surface area contributed by atoms with Gasteiger partial charge in [-0.1, -0.05) is 30.7 Å². The number of primary amides is 1. The quantitative estimate of drug-likeness (QED) is 0.227. The maximum Gasteiger partial charge on any atom is 0.250 e. The molecule has 5 N–H and O–H groups in total. The van der Waals surface area contributed by atoms with Crippen LogP contribution in [0.5, 0.6) is 0 Å². The number of hydrogen-bond donors (Lipinski definition) is 4. The predicted octanol–water partition coefficient (Wildman–Crippen LogP) is 5.99. The molecule has 2 aliphatic carbocycles. The summed E-state index contributed by atoms with van der Waals surface area (Å²) in [5.41, 5.74) is 11.9. The number of hydrogen-bond acceptors (Lipinski definition) is 6. The summed E-state index contributed by atoms with van der Waals surface area (Å²) in [4.78, 5) is 21.5. The van der Waals surface area contributed by atoms with Crippen LogP contribution in [0.25, 0.3) is 33.2 Å². The molecule has 2 heterocycles. The van der Waals surface area contributed by atoms with Gasteiger partial charge in [0.2, 0.25) is 0 Å². The number of aliphatic hydroxyl groups is 1. The smallest absolute Gasteiger partial charge is 0.250 e. The topological polar surface area (TPSA) is 113 Å². The van der Waals surface area contributed by atoms with E-state index in [0.717, 1.165) is 77.0 Å². The molecule has 2 aliphatic rings. The minimum atomic E-state index is -0.466. The number of amides is 1. The number of fused-ring (bicyclic) bond motifs is 1. The Morgan fingerprint density at radius 3 is 2.56 bits per heavy atom. The van der Waals surface area contributed by atoms with Crippen molar-refractivity contribution in [3.8, 4) is 22.4 Å². The van der Waals surface area contributed by atoms with Crippen LogP contribution in [0.1, 0.15) is 55.3 Å². The van der Waals surface area contributed by atoms with Gasteiger partial charge in [-0.2, -0.15) is 0 Å². The minimum absolute atomic E-state index is 0.187. The Morgan fingerprint density at radius 1 is 0.949 bits per heavy atom. The maximum atomic E-state index is 12.2. The number of aliphatic hydroxyl groups excluding tert-OH is 1. The molecule has 0 spiro atoms. The van der Waals surface area contributed by atoms with Crippen LogP contribution in [0, 0.1) is 5.92 Å². The van der Waals surface area contributed by atoms with Gasteiger partial charge in [0.15, 0.2) is 0 Å². The number of carbonyl (C=O) groups is 1. The lowest BCUT2D eigenvalue weighted by atomic mass is 9.85. The molecule has 4 aromatic rings. The highest BCUT2D eigenvalue weighted by molar-refractivity contribution is 6.04. The first-order chi connectivity index (χ1) is 19.0. The monoisotopic (exact) mass is 521 g/mol. The molecule has 0 saturated heterocycles. The molecule has 0 unspecified atom stereocenters. The van der Waals surface area contributed by atoms with Crippen molar-refractivity contribution in [2.75, 3.05) is 17.2 Å². The van der Waals surface area contributed by atoms with Crippen molar-refractivity contribution >= 4 is 28.1 Å². The second-order valence-corrected chi connectivity index (χ2v) is 11.0. The van der Waals surface area contributed by atoms with Gasteiger partial charge in [-0.05, 0) is 79.7 Å². The maximum absolute atomic E-state index is 12.2. The number of anilines is 2. The molecule has 0 radical (unpaired) electrons. The van der Waals surface area contributed by atoms with Crippen LogP contribution in [-0.4, -0.2) is 39.7 Å². The number of pyridine rings is 2. The molecule has 2 aromatic heterocycles. The molecule has 0 atom stereocenters. The van der Waals surface area contributed by atoms with Gasteiger partial charge in [-0.3, -0.25) is 14.8 Å². The zero-order chi connectivity index (χ0) is 26.8. The lowest BCUT2D eigenvalue weighted by Crippen LogP contribution is -2.29. The summed E-state index contributed by atoms with van der Waals surface area (Å²) in [7, 11) is 0. The molecule has 1 amide bonds. The van der Waals surface area contributed by atoms with Crippen LogP contribution >= 0.6 is 0 Å². The summed E-state index contributed by atoms with van der Waals surface area (Å²) < 4.78 is 0. The molecular formula is C32H35N5O2. The molecule has 2 saturated carbocycles. The third kappa shape index (κ3) is 5.45. The second kappa shape index (κ2) is 11.0. The summed E-state index contributed by atoms with van der Waals surface area (Å²) in [5.74, 6) is 0.302. The number of nitrogens with zero attached hydrogens (tertiary/aromatic N) is 2. The summed E-state index contributed by atoms with van der Waals surface area (Å²) >= 11 is 0.